The van der Waals surface area contributed by atoms with Crippen molar-refractivity contribution < 1.29 is 9.90 Å². The van der Waals surface area contributed by atoms with E-state index in [-0.39, 0.29) is 5.69 Å². The van der Waals surface area contributed by atoms with Gasteiger partial charge in [0.25, 0.3) is 0 Å². The predicted octanol–water partition coefficient (Wildman–Crippen LogP) is 2.05. The highest BCUT2D eigenvalue weighted by Crippen LogP contribution is 2.21. The van der Waals surface area contributed by atoms with Crippen molar-refractivity contribution in [1.82, 2.24) is 9.97 Å². The Labute approximate surface area is 108 Å². The third kappa shape index (κ3) is 3.21. The number of carboxylic acids is 1. The van der Waals surface area contributed by atoms with Crippen LogP contribution in [-0.2, 0) is 5.75 Å². The number of pyridine rings is 2. The zero-order valence-electron chi connectivity index (χ0n) is 9.41. The van der Waals surface area contributed by atoms with E-state index >= 15 is 0 Å². The molecule has 92 valence electrons. The van der Waals surface area contributed by atoms with Gasteiger partial charge in [0, 0.05) is 16.8 Å². The Bertz CT molecular complexity index is 558. The number of thioether (sulfide) groups is 1. The number of carbonyl (C=O) groups is 1. The average molecular weight is 261 g/mol. The summed E-state index contributed by atoms with van der Waals surface area (Å²) >= 11 is 1.53. The number of hydrogen-bond donors (Lipinski definition) is 2. The molecule has 0 radical (unpaired) electrons. The summed E-state index contributed by atoms with van der Waals surface area (Å²) in [4.78, 5) is 19.8. The summed E-state index contributed by atoms with van der Waals surface area (Å²) in [6.07, 6.45) is 1.68. The van der Waals surface area contributed by atoms with Crippen molar-refractivity contribution in [1.29, 1.82) is 0 Å². The molecule has 2 rings (SSSR count). The monoisotopic (exact) mass is 261 g/mol. The third-order valence-corrected chi connectivity index (χ3v) is 3.19. The Hall–Kier alpha value is -2.08. The summed E-state index contributed by atoms with van der Waals surface area (Å²) in [5.74, 6) is 0.0496. The van der Waals surface area contributed by atoms with Crippen LogP contribution in [0, 0.1) is 0 Å². The van der Waals surface area contributed by atoms with Crippen molar-refractivity contribution in [3.05, 3.63) is 47.9 Å². The standard InChI is InChI=1S/C12H11N3O2S/c13-11-5-4-9(6-14-11)18-7-8-2-1-3-10(15-8)12(16)17/h1-6H,7H2,(H2,13,14)(H,16,17). The molecule has 0 aliphatic rings. The van der Waals surface area contributed by atoms with Gasteiger partial charge in [-0.05, 0) is 24.3 Å². The van der Waals surface area contributed by atoms with Crippen LogP contribution in [0.1, 0.15) is 16.2 Å². The van der Waals surface area contributed by atoms with Gasteiger partial charge in [0.1, 0.15) is 11.5 Å². The Morgan fingerprint density at radius 3 is 2.83 bits per heavy atom. The smallest absolute Gasteiger partial charge is 0.354 e. The highest BCUT2D eigenvalue weighted by Gasteiger charge is 2.05. The maximum atomic E-state index is 10.8. The molecule has 0 unspecified atom stereocenters. The zero-order valence-corrected chi connectivity index (χ0v) is 10.2. The molecule has 2 aromatic heterocycles. The van der Waals surface area contributed by atoms with Crippen LogP contribution in [0.25, 0.3) is 0 Å². The molecule has 0 amide bonds. The second-order valence-electron chi connectivity index (χ2n) is 3.53. The summed E-state index contributed by atoms with van der Waals surface area (Å²) in [5, 5.41) is 8.83. The van der Waals surface area contributed by atoms with Crippen molar-refractivity contribution in [2.75, 3.05) is 5.73 Å². The summed E-state index contributed by atoms with van der Waals surface area (Å²) in [5.41, 5.74) is 6.27. The van der Waals surface area contributed by atoms with Crippen LogP contribution in [0.4, 0.5) is 5.82 Å². The summed E-state index contributed by atoms with van der Waals surface area (Å²) in [6, 6.07) is 8.55. The Kier molecular flexibility index (Phi) is 3.78. The molecule has 2 heterocycles. The van der Waals surface area contributed by atoms with Crippen molar-refractivity contribution in [3.63, 3.8) is 0 Å². The highest BCUT2D eigenvalue weighted by molar-refractivity contribution is 7.98. The van der Waals surface area contributed by atoms with E-state index in [2.05, 4.69) is 9.97 Å². The van der Waals surface area contributed by atoms with Gasteiger partial charge >= 0.3 is 5.97 Å². The van der Waals surface area contributed by atoms with Gasteiger partial charge in [-0.3, -0.25) is 0 Å². The van der Waals surface area contributed by atoms with E-state index in [4.69, 9.17) is 10.8 Å². The minimum atomic E-state index is -1.02. The number of nitrogens with two attached hydrogens (primary N) is 1. The maximum absolute atomic E-state index is 10.8. The second kappa shape index (κ2) is 5.50. The van der Waals surface area contributed by atoms with Crippen molar-refractivity contribution in [2.24, 2.45) is 0 Å². The number of aromatic nitrogens is 2. The number of rotatable bonds is 4. The minimum absolute atomic E-state index is 0.0588. The second-order valence-corrected chi connectivity index (χ2v) is 4.58. The number of nitrogen functional groups attached to an aromatic ring is 1. The first kappa shape index (κ1) is 12.4. The molecule has 18 heavy (non-hydrogen) atoms. The van der Waals surface area contributed by atoms with Crippen molar-refractivity contribution >= 4 is 23.5 Å². The average Bonchev–Trinajstić information content (AvgIpc) is 2.38. The van der Waals surface area contributed by atoms with Gasteiger partial charge < -0.3 is 10.8 Å². The summed E-state index contributed by atoms with van der Waals surface area (Å²) in [7, 11) is 0. The molecule has 0 aliphatic carbocycles. The van der Waals surface area contributed by atoms with E-state index in [1.54, 1.807) is 24.4 Å². The van der Waals surface area contributed by atoms with Crippen molar-refractivity contribution in [3.8, 4) is 0 Å². The molecule has 0 bridgehead atoms. The molecular weight excluding hydrogens is 250 g/mol. The molecule has 0 saturated heterocycles. The molecule has 0 fully saturated rings. The van der Waals surface area contributed by atoms with E-state index in [0.29, 0.717) is 11.6 Å². The van der Waals surface area contributed by atoms with Gasteiger partial charge in [-0.25, -0.2) is 14.8 Å². The SMILES string of the molecule is Nc1ccc(SCc2cccc(C(=O)O)n2)cn1. The van der Waals surface area contributed by atoms with Crippen LogP contribution in [-0.4, -0.2) is 21.0 Å². The van der Waals surface area contributed by atoms with E-state index in [9.17, 15) is 4.79 Å². The fourth-order valence-electron chi connectivity index (χ4n) is 1.31. The lowest BCUT2D eigenvalue weighted by Crippen LogP contribution is -2.01. The largest absolute Gasteiger partial charge is 0.477 e. The number of carboxylic acid groups (broad SMARTS) is 1. The normalized spacial score (nSPS) is 10.2. The van der Waals surface area contributed by atoms with Gasteiger partial charge in [0.05, 0.1) is 5.69 Å². The minimum Gasteiger partial charge on any atom is -0.477 e. The summed E-state index contributed by atoms with van der Waals surface area (Å²) in [6.45, 7) is 0. The lowest BCUT2D eigenvalue weighted by Gasteiger charge is -2.02. The molecular formula is C12H11N3O2S. The predicted molar refractivity (Wildman–Crippen MR) is 69.4 cm³/mol. The van der Waals surface area contributed by atoms with Crippen LogP contribution in [0.5, 0.6) is 0 Å². The molecule has 0 atom stereocenters. The van der Waals surface area contributed by atoms with E-state index in [0.717, 1.165) is 10.6 Å². The first-order chi connectivity index (χ1) is 8.65. The first-order valence-corrected chi connectivity index (χ1v) is 6.17. The van der Waals surface area contributed by atoms with Gasteiger partial charge in [0.15, 0.2) is 0 Å². The zero-order chi connectivity index (χ0) is 13.0. The van der Waals surface area contributed by atoms with Gasteiger partial charge in [-0.1, -0.05) is 6.07 Å². The summed E-state index contributed by atoms with van der Waals surface area (Å²) < 4.78 is 0. The van der Waals surface area contributed by atoms with Crippen LogP contribution >= 0.6 is 11.8 Å². The quantitative estimate of drug-likeness (QED) is 0.819. The lowest BCUT2D eigenvalue weighted by atomic mass is 10.3. The molecule has 5 nitrogen and oxygen atoms in total. The third-order valence-electron chi connectivity index (χ3n) is 2.17. The van der Waals surface area contributed by atoms with E-state index in [1.165, 1.54) is 17.8 Å². The van der Waals surface area contributed by atoms with E-state index < -0.39 is 5.97 Å². The number of nitrogens with zero attached hydrogens (tertiary/aromatic N) is 2. The van der Waals surface area contributed by atoms with Crippen molar-refractivity contribution in [2.45, 2.75) is 10.6 Å². The Morgan fingerprint density at radius 2 is 2.17 bits per heavy atom. The number of aromatic carboxylic acids is 1. The molecule has 6 heteroatoms. The molecule has 0 aliphatic heterocycles. The number of anilines is 1. The van der Waals surface area contributed by atoms with E-state index in [1.807, 2.05) is 6.07 Å². The van der Waals surface area contributed by atoms with Gasteiger partial charge in [-0.2, -0.15) is 0 Å². The molecule has 2 aromatic rings. The Morgan fingerprint density at radius 1 is 1.33 bits per heavy atom. The van der Waals surface area contributed by atoms with Crippen LogP contribution < -0.4 is 5.73 Å². The fourth-order valence-corrected chi connectivity index (χ4v) is 2.08. The van der Waals surface area contributed by atoms with Gasteiger partial charge in [-0.15, -0.1) is 11.8 Å². The lowest BCUT2D eigenvalue weighted by molar-refractivity contribution is 0.0690. The fraction of sp³-hybridized carbons (Fsp3) is 0.0833. The number of hydrogen-bond acceptors (Lipinski definition) is 5. The molecule has 0 saturated carbocycles. The van der Waals surface area contributed by atoms with Crippen LogP contribution in [0.15, 0.2) is 41.4 Å². The van der Waals surface area contributed by atoms with Crippen LogP contribution in [0.2, 0.25) is 0 Å². The maximum Gasteiger partial charge on any atom is 0.354 e. The topological polar surface area (TPSA) is 89.1 Å². The van der Waals surface area contributed by atoms with Gasteiger partial charge in [0.2, 0.25) is 0 Å². The van der Waals surface area contributed by atoms with Crippen LogP contribution in [0.3, 0.4) is 0 Å². The Balaban J connectivity index is 2.04. The molecule has 3 N–H and O–H groups in total. The molecule has 0 aromatic carbocycles. The highest BCUT2D eigenvalue weighted by atomic mass is 32.2. The first-order valence-electron chi connectivity index (χ1n) is 5.19. The molecule has 0 spiro atoms.